The van der Waals surface area contributed by atoms with E-state index in [4.69, 9.17) is 0 Å². The molecule has 1 saturated carbocycles. The second kappa shape index (κ2) is 9.40. The topological polar surface area (TPSA) is 56.7 Å². The number of likely N-dealkylation sites (tertiary alicyclic amines) is 1. The van der Waals surface area contributed by atoms with Crippen LogP contribution in [0, 0.1) is 11.8 Å². The summed E-state index contributed by atoms with van der Waals surface area (Å²) in [5.41, 5.74) is 1.29. The van der Waals surface area contributed by atoms with Crippen LogP contribution in [0.1, 0.15) is 25.3 Å². The van der Waals surface area contributed by atoms with Gasteiger partial charge in [-0.05, 0) is 24.3 Å². The first-order valence-corrected chi connectivity index (χ1v) is 8.94. The summed E-state index contributed by atoms with van der Waals surface area (Å²) in [6.07, 6.45) is 2.78. The highest BCUT2D eigenvalue weighted by Gasteiger charge is 2.34. The van der Waals surface area contributed by atoms with Crippen LogP contribution < -0.4 is 10.6 Å². The van der Waals surface area contributed by atoms with Gasteiger partial charge < -0.3 is 15.5 Å². The average Bonchev–Trinajstić information content (AvgIpc) is 3.17. The Hall–Kier alpha value is -1.31. The van der Waals surface area contributed by atoms with Crippen molar-refractivity contribution in [1.82, 2.24) is 15.5 Å². The summed E-state index contributed by atoms with van der Waals surface area (Å²) in [5, 5.41) is 6.80. The Morgan fingerprint density at radius 1 is 1.32 bits per heavy atom. The second-order valence-electron chi connectivity index (χ2n) is 7.06. The van der Waals surface area contributed by atoms with E-state index in [9.17, 15) is 4.79 Å². The maximum absolute atomic E-state index is 12.2. The first-order chi connectivity index (χ1) is 11.7. The number of aliphatic imine (C=N–C) groups is 1. The average molecular weight is 456 g/mol. The van der Waals surface area contributed by atoms with E-state index in [2.05, 4.69) is 34.7 Å². The van der Waals surface area contributed by atoms with Crippen LogP contribution in [-0.4, -0.2) is 49.5 Å². The summed E-state index contributed by atoms with van der Waals surface area (Å²) in [5.74, 6) is 2.24. The molecule has 3 rings (SSSR count). The highest BCUT2D eigenvalue weighted by atomic mass is 127. The first-order valence-electron chi connectivity index (χ1n) is 8.94. The molecule has 1 aliphatic heterocycles. The van der Waals surface area contributed by atoms with E-state index < -0.39 is 0 Å². The zero-order valence-corrected chi connectivity index (χ0v) is 17.4. The van der Waals surface area contributed by atoms with Crippen LogP contribution in [-0.2, 0) is 11.2 Å². The van der Waals surface area contributed by atoms with Gasteiger partial charge in [0.05, 0.1) is 0 Å². The Morgan fingerprint density at radius 2 is 2.04 bits per heavy atom. The Bertz CT molecular complexity index is 592. The van der Waals surface area contributed by atoms with Crippen molar-refractivity contribution in [3.8, 4) is 0 Å². The van der Waals surface area contributed by atoms with E-state index in [0.717, 1.165) is 37.9 Å². The lowest BCUT2D eigenvalue weighted by Crippen LogP contribution is -2.41. The van der Waals surface area contributed by atoms with Crippen LogP contribution in [0.2, 0.25) is 0 Å². The van der Waals surface area contributed by atoms with E-state index in [1.807, 2.05) is 23.1 Å². The van der Waals surface area contributed by atoms with E-state index in [1.165, 1.54) is 12.0 Å². The van der Waals surface area contributed by atoms with E-state index in [0.29, 0.717) is 18.4 Å². The molecule has 3 unspecified atom stereocenters. The molecule has 1 saturated heterocycles. The molecule has 3 atom stereocenters. The van der Waals surface area contributed by atoms with Gasteiger partial charge in [0.1, 0.15) is 0 Å². The molecule has 0 radical (unpaired) electrons. The van der Waals surface area contributed by atoms with Gasteiger partial charge in [-0.15, -0.1) is 24.0 Å². The molecule has 0 aromatic heterocycles. The van der Waals surface area contributed by atoms with Crippen LogP contribution in [0.15, 0.2) is 35.3 Å². The standard InChI is InChI=1S/C19H28N4O.HI/c1-14-10-17(14)22-19(20-2)21-12-16-11-18(24)23(13-16)9-8-15-6-4-3-5-7-15;/h3-7,14,16-17H,8-13H2,1-2H3,(H2,20,21,22);1H. The number of benzene rings is 1. The minimum Gasteiger partial charge on any atom is -0.356 e. The number of nitrogens with zero attached hydrogens (tertiary/aromatic N) is 2. The van der Waals surface area contributed by atoms with Gasteiger partial charge in [0.25, 0.3) is 0 Å². The number of carbonyl (C=O) groups is 1. The van der Waals surface area contributed by atoms with Crippen LogP contribution >= 0.6 is 24.0 Å². The quantitative estimate of drug-likeness (QED) is 0.393. The molecule has 1 heterocycles. The van der Waals surface area contributed by atoms with Gasteiger partial charge in [0.15, 0.2) is 5.96 Å². The minimum atomic E-state index is 0. The number of halogens is 1. The van der Waals surface area contributed by atoms with Crippen molar-refractivity contribution in [3.05, 3.63) is 35.9 Å². The maximum atomic E-state index is 12.2. The van der Waals surface area contributed by atoms with Crippen molar-refractivity contribution in [3.63, 3.8) is 0 Å². The van der Waals surface area contributed by atoms with Crippen LogP contribution in [0.25, 0.3) is 0 Å². The van der Waals surface area contributed by atoms with E-state index in [-0.39, 0.29) is 29.9 Å². The monoisotopic (exact) mass is 456 g/mol. The number of nitrogens with one attached hydrogen (secondary N) is 2. The summed E-state index contributed by atoms with van der Waals surface area (Å²) < 4.78 is 0. The number of carbonyl (C=O) groups excluding carboxylic acids is 1. The minimum absolute atomic E-state index is 0. The van der Waals surface area contributed by atoms with Crippen molar-refractivity contribution < 1.29 is 4.79 Å². The van der Waals surface area contributed by atoms with Gasteiger partial charge in [-0.3, -0.25) is 9.79 Å². The summed E-state index contributed by atoms with van der Waals surface area (Å²) in [6.45, 7) is 4.70. The molecule has 0 bridgehead atoms. The molecule has 1 amide bonds. The number of hydrogen-bond acceptors (Lipinski definition) is 2. The molecule has 1 aromatic rings. The molecule has 138 valence electrons. The third-order valence-corrected chi connectivity index (χ3v) is 5.02. The van der Waals surface area contributed by atoms with Gasteiger partial charge in [0, 0.05) is 45.1 Å². The molecular formula is C19H29IN4O. The third kappa shape index (κ3) is 5.87. The molecule has 5 nitrogen and oxygen atoms in total. The van der Waals surface area contributed by atoms with E-state index in [1.54, 1.807) is 7.05 Å². The van der Waals surface area contributed by atoms with Crippen molar-refractivity contribution in [1.29, 1.82) is 0 Å². The fourth-order valence-electron chi connectivity index (χ4n) is 3.25. The number of hydrogen-bond donors (Lipinski definition) is 2. The van der Waals surface area contributed by atoms with Crippen LogP contribution in [0.5, 0.6) is 0 Å². The number of guanidine groups is 1. The fourth-order valence-corrected chi connectivity index (χ4v) is 3.25. The summed E-state index contributed by atoms with van der Waals surface area (Å²) in [4.78, 5) is 18.5. The van der Waals surface area contributed by atoms with Crippen LogP contribution in [0.3, 0.4) is 0 Å². The molecule has 25 heavy (non-hydrogen) atoms. The third-order valence-electron chi connectivity index (χ3n) is 5.02. The Morgan fingerprint density at radius 3 is 2.68 bits per heavy atom. The van der Waals surface area contributed by atoms with Gasteiger partial charge in [-0.1, -0.05) is 37.3 Å². The summed E-state index contributed by atoms with van der Waals surface area (Å²) in [6, 6.07) is 10.9. The predicted octanol–water partition coefficient (Wildman–Crippen LogP) is 2.27. The van der Waals surface area contributed by atoms with Crippen molar-refractivity contribution >= 4 is 35.8 Å². The zero-order valence-electron chi connectivity index (χ0n) is 15.1. The Kier molecular flexibility index (Phi) is 7.53. The predicted molar refractivity (Wildman–Crippen MR) is 112 cm³/mol. The Balaban J connectivity index is 0.00000225. The molecule has 0 spiro atoms. The smallest absolute Gasteiger partial charge is 0.223 e. The molecule has 2 fully saturated rings. The summed E-state index contributed by atoms with van der Waals surface area (Å²) in [7, 11) is 1.80. The SMILES string of the molecule is CN=C(NCC1CC(=O)N(CCc2ccccc2)C1)NC1CC1C.I. The second-order valence-corrected chi connectivity index (χ2v) is 7.06. The fraction of sp³-hybridized carbons (Fsp3) is 0.579. The number of amides is 1. The first kappa shape index (κ1) is 20.0. The van der Waals surface area contributed by atoms with Crippen molar-refractivity contribution in [2.75, 3.05) is 26.7 Å². The summed E-state index contributed by atoms with van der Waals surface area (Å²) >= 11 is 0. The molecule has 6 heteroatoms. The van der Waals surface area contributed by atoms with Gasteiger partial charge in [-0.25, -0.2) is 0 Å². The van der Waals surface area contributed by atoms with Gasteiger partial charge in [0.2, 0.25) is 5.91 Å². The molecular weight excluding hydrogens is 427 g/mol. The van der Waals surface area contributed by atoms with Gasteiger partial charge in [-0.2, -0.15) is 0 Å². The molecule has 2 aliphatic rings. The normalized spacial score (nSPS) is 25.5. The highest BCUT2D eigenvalue weighted by Crippen LogP contribution is 2.28. The zero-order chi connectivity index (χ0) is 16.9. The number of rotatable bonds is 6. The lowest BCUT2D eigenvalue weighted by atomic mass is 10.1. The molecule has 1 aromatic carbocycles. The Labute approximate surface area is 167 Å². The van der Waals surface area contributed by atoms with Crippen molar-refractivity contribution in [2.24, 2.45) is 16.8 Å². The van der Waals surface area contributed by atoms with Crippen LogP contribution in [0.4, 0.5) is 0 Å². The maximum Gasteiger partial charge on any atom is 0.223 e. The largest absolute Gasteiger partial charge is 0.356 e. The van der Waals surface area contributed by atoms with Gasteiger partial charge >= 0.3 is 0 Å². The van der Waals surface area contributed by atoms with E-state index >= 15 is 0 Å². The molecule has 1 aliphatic carbocycles. The lowest BCUT2D eigenvalue weighted by Gasteiger charge is -2.18. The van der Waals surface area contributed by atoms with Crippen molar-refractivity contribution in [2.45, 2.75) is 32.2 Å². The lowest BCUT2D eigenvalue weighted by molar-refractivity contribution is -0.127. The highest BCUT2D eigenvalue weighted by molar-refractivity contribution is 14.0. The molecule has 2 N–H and O–H groups in total.